The molecule has 0 spiro atoms. The van der Waals surface area contributed by atoms with Gasteiger partial charge in [-0.1, -0.05) is 18.2 Å². The lowest BCUT2D eigenvalue weighted by Gasteiger charge is -2.08. The van der Waals surface area contributed by atoms with Crippen LogP contribution in [0, 0.1) is 6.92 Å². The van der Waals surface area contributed by atoms with Gasteiger partial charge in [0.1, 0.15) is 0 Å². The molecule has 6 nitrogen and oxygen atoms in total. The van der Waals surface area contributed by atoms with Gasteiger partial charge in [0.25, 0.3) is 0 Å². The van der Waals surface area contributed by atoms with Crippen LogP contribution in [0.25, 0.3) is 11.3 Å². The van der Waals surface area contributed by atoms with Gasteiger partial charge in [-0.2, -0.15) is 9.97 Å². The van der Waals surface area contributed by atoms with E-state index in [4.69, 9.17) is 13.9 Å². The number of oxazole rings is 1. The van der Waals surface area contributed by atoms with E-state index >= 15 is 0 Å². The van der Waals surface area contributed by atoms with Crippen molar-refractivity contribution in [2.75, 3.05) is 14.2 Å². The lowest BCUT2D eigenvalue weighted by molar-refractivity contribution is 0.364. The summed E-state index contributed by atoms with van der Waals surface area (Å²) in [6, 6.07) is 9.50. The smallest absolute Gasteiger partial charge is 0.220 e. The minimum atomic E-state index is 0.452. The van der Waals surface area contributed by atoms with E-state index < -0.39 is 0 Å². The Morgan fingerprint density at radius 3 is 2.35 bits per heavy atom. The van der Waals surface area contributed by atoms with Crippen LogP contribution in [-0.2, 0) is 0 Å². The molecule has 2 aromatic heterocycles. The van der Waals surface area contributed by atoms with Gasteiger partial charge in [-0.25, -0.2) is 4.98 Å². The second kappa shape index (κ2) is 6.70. The highest BCUT2D eigenvalue weighted by atomic mass is 32.2. The fourth-order valence-electron chi connectivity index (χ4n) is 2.04. The molecule has 0 bridgehead atoms. The topological polar surface area (TPSA) is 70.3 Å². The number of hydrogen-bond donors (Lipinski definition) is 0. The molecule has 7 heteroatoms. The van der Waals surface area contributed by atoms with E-state index in [1.165, 1.54) is 18.2 Å². The normalized spacial score (nSPS) is 10.6. The Kier molecular flexibility index (Phi) is 4.47. The van der Waals surface area contributed by atoms with Gasteiger partial charge < -0.3 is 13.9 Å². The van der Waals surface area contributed by atoms with Gasteiger partial charge in [0.05, 0.1) is 26.0 Å². The van der Waals surface area contributed by atoms with E-state index in [2.05, 4.69) is 15.0 Å². The van der Waals surface area contributed by atoms with Crippen molar-refractivity contribution in [1.82, 2.24) is 15.0 Å². The second-order valence-electron chi connectivity index (χ2n) is 4.60. The Morgan fingerprint density at radius 2 is 1.74 bits per heavy atom. The third-order valence-electron chi connectivity index (χ3n) is 3.16. The third-order valence-corrected chi connectivity index (χ3v) is 4.10. The first-order valence-corrected chi connectivity index (χ1v) is 7.67. The van der Waals surface area contributed by atoms with Crippen LogP contribution in [0.2, 0.25) is 0 Å². The van der Waals surface area contributed by atoms with Crippen molar-refractivity contribution in [3.63, 3.8) is 0 Å². The number of ether oxygens (including phenoxy) is 2. The summed E-state index contributed by atoms with van der Waals surface area (Å²) in [5.41, 5.74) is 1.78. The van der Waals surface area contributed by atoms with Crippen LogP contribution in [0.5, 0.6) is 11.8 Å². The lowest BCUT2D eigenvalue weighted by Crippen LogP contribution is -1.96. The van der Waals surface area contributed by atoms with Crippen LogP contribution in [-0.4, -0.2) is 29.2 Å². The molecular formula is C16H15N3O3S. The first kappa shape index (κ1) is 15.4. The highest BCUT2D eigenvalue weighted by molar-refractivity contribution is 7.99. The van der Waals surface area contributed by atoms with E-state index in [-0.39, 0.29) is 0 Å². The molecule has 0 aliphatic rings. The van der Waals surface area contributed by atoms with Crippen LogP contribution in [0.3, 0.4) is 0 Å². The number of hydrogen-bond acceptors (Lipinski definition) is 7. The van der Waals surface area contributed by atoms with Crippen molar-refractivity contribution in [3.05, 3.63) is 42.4 Å². The predicted octanol–water partition coefficient (Wildman–Crippen LogP) is 3.61. The standard InChI is InChI=1S/C16H15N3O3S/c1-10-15(22-9-17-10)11-6-4-5-7-12(11)23-16-18-13(20-2)8-14(19-16)21-3/h4-9H,1-3H3. The van der Waals surface area contributed by atoms with E-state index in [1.807, 2.05) is 31.2 Å². The van der Waals surface area contributed by atoms with Gasteiger partial charge in [0.2, 0.25) is 11.8 Å². The van der Waals surface area contributed by atoms with Crippen molar-refractivity contribution < 1.29 is 13.9 Å². The Labute approximate surface area is 137 Å². The average molecular weight is 329 g/mol. The molecule has 0 amide bonds. The largest absolute Gasteiger partial charge is 0.481 e. The summed E-state index contributed by atoms with van der Waals surface area (Å²) in [6.45, 7) is 1.91. The maximum Gasteiger partial charge on any atom is 0.220 e. The van der Waals surface area contributed by atoms with E-state index in [1.54, 1.807) is 20.3 Å². The fraction of sp³-hybridized carbons (Fsp3) is 0.188. The molecule has 2 heterocycles. The molecule has 0 fully saturated rings. The Morgan fingerprint density at radius 1 is 1.04 bits per heavy atom. The highest BCUT2D eigenvalue weighted by Gasteiger charge is 2.14. The van der Waals surface area contributed by atoms with Gasteiger partial charge in [0.15, 0.2) is 17.3 Å². The monoisotopic (exact) mass is 329 g/mol. The number of aryl methyl sites for hydroxylation is 1. The molecule has 0 unspecified atom stereocenters. The first-order chi connectivity index (χ1) is 11.2. The molecular weight excluding hydrogens is 314 g/mol. The van der Waals surface area contributed by atoms with Crippen LogP contribution in [0.1, 0.15) is 5.69 Å². The molecule has 23 heavy (non-hydrogen) atoms. The molecule has 0 aliphatic heterocycles. The van der Waals surface area contributed by atoms with E-state index in [0.717, 1.165) is 21.9 Å². The van der Waals surface area contributed by atoms with Crippen LogP contribution < -0.4 is 9.47 Å². The molecule has 0 saturated heterocycles. The molecule has 0 radical (unpaired) electrons. The summed E-state index contributed by atoms with van der Waals surface area (Å²) < 4.78 is 15.9. The van der Waals surface area contributed by atoms with Crippen LogP contribution >= 0.6 is 11.8 Å². The summed E-state index contributed by atoms with van der Waals surface area (Å²) in [6.07, 6.45) is 1.44. The number of aromatic nitrogens is 3. The number of benzene rings is 1. The van der Waals surface area contributed by atoms with Gasteiger partial charge in [-0.05, 0) is 24.8 Å². The Bertz CT molecular complexity index is 798. The lowest BCUT2D eigenvalue weighted by atomic mass is 10.1. The summed E-state index contributed by atoms with van der Waals surface area (Å²) in [4.78, 5) is 13.8. The average Bonchev–Trinajstić information content (AvgIpc) is 3.01. The molecule has 0 saturated carbocycles. The predicted molar refractivity (Wildman–Crippen MR) is 85.9 cm³/mol. The first-order valence-electron chi connectivity index (χ1n) is 6.85. The summed E-state index contributed by atoms with van der Waals surface area (Å²) in [5, 5.41) is 0.533. The third kappa shape index (κ3) is 3.29. The zero-order chi connectivity index (χ0) is 16.2. The number of rotatable bonds is 5. The van der Waals surface area contributed by atoms with Crippen molar-refractivity contribution in [1.29, 1.82) is 0 Å². The minimum Gasteiger partial charge on any atom is -0.481 e. The summed E-state index contributed by atoms with van der Waals surface area (Å²) in [7, 11) is 3.12. The van der Waals surface area contributed by atoms with E-state index in [9.17, 15) is 0 Å². The SMILES string of the molecule is COc1cc(OC)nc(Sc2ccccc2-c2ocnc2C)n1. The fourth-order valence-corrected chi connectivity index (χ4v) is 2.93. The molecule has 1 aromatic carbocycles. The quantitative estimate of drug-likeness (QED) is 0.662. The molecule has 118 valence electrons. The molecule has 0 atom stereocenters. The summed E-state index contributed by atoms with van der Waals surface area (Å²) >= 11 is 1.41. The molecule has 0 aliphatic carbocycles. The molecule has 3 aromatic rings. The molecule has 3 rings (SSSR count). The van der Waals surface area contributed by atoms with Gasteiger partial charge in [-0.3, -0.25) is 0 Å². The second-order valence-corrected chi connectivity index (χ2v) is 5.61. The van der Waals surface area contributed by atoms with Crippen molar-refractivity contribution in [2.45, 2.75) is 17.0 Å². The zero-order valence-corrected chi connectivity index (χ0v) is 13.8. The van der Waals surface area contributed by atoms with Crippen LogP contribution in [0.4, 0.5) is 0 Å². The maximum atomic E-state index is 5.50. The van der Waals surface area contributed by atoms with Crippen molar-refractivity contribution in [2.24, 2.45) is 0 Å². The number of nitrogens with zero attached hydrogens (tertiary/aromatic N) is 3. The zero-order valence-electron chi connectivity index (χ0n) is 12.9. The van der Waals surface area contributed by atoms with Crippen molar-refractivity contribution in [3.8, 4) is 23.1 Å². The summed E-state index contributed by atoms with van der Waals surface area (Å²) in [5.74, 6) is 1.64. The van der Waals surface area contributed by atoms with Crippen molar-refractivity contribution >= 4 is 11.8 Å². The van der Waals surface area contributed by atoms with Gasteiger partial charge in [-0.15, -0.1) is 0 Å². The molecule has 0 N–H and O–H groups in total. The van der Waals surface area contributed by atoms with Crippen LogP contribution in [0.15, 0.2) is 51.2 Å². The minimum absolute atomic E-state index is 0.452. The van der Waals surface area contributed by atoms with E-state index in [0.29, 0.717) is 16.9 Å². The Hall–Kier alpha value is -2.54. The number of methoxy groups -OCH3 is 2. The highest BCUT2D eigenvalue weighted by Crippen LogP contribution is 2.36. The maximum absolute atomic E-state index is 5.50. The Balaban J connectivity index is 2.00. The van der Waals surface area contributed by atoms with Gasteiger partial charge >= 0.3 is 0 Å². The van der Waals surface area contributed by atoms with Gasteiger partial charge in [0, 0.05) is 10.5 Å².